The van der Waals surface area contributed by atoms with Gasteiger partial charge < -0.3 is 14.4 Å². The summed E-state index contributed by atoms with van der Waals surface area (Å²) in [7, 11) is 0. The summed E-state index contributed by atoms with van der Waals surface area (Å²) in [5, 5.41) is 27.1. The molecule has 0 saturated carbocycles. The van der Waals surface area contributed by atoms with Gasteiger partial charge >= 0.3 is 0 Å². The molecular weight excluding hydrogens is 346 g/mol. The Kier molecular flexibility index (Phi) is 5.52. The molecule has 140 valence electrons. The average molecular weight is 367 g/mol. The molecule has 3 aromatic rings. The maximum atomic E-state index is 9.37. The van der Waals surface area contributed by atoms with Crippen LogP contribution in [0.3, 0.4) is 0 Å². The van der Waals surface area contributed by atoms with Crippen LogP contribution >= 0.6 is 0 Å². The minimum atomic E-state index is 0.00250. The summed E-state index contributed by atoms with van der Waals surface area (Å²) in [4.78, 5) is 4.21. The molecule has 0 bridgehead atoms. The topological polar surface area (TPSA) is 110 Å². The van der Waals surface area contributed by atoms with Crippen LogP contribution < -0.4 is 4.74 Å². The van der Waals surface area contributed by atoms with Crippen molar-refractivity contribution < 1.29 is 14.4 Å². The summed E-state index contributed by atoms with van der Waals surface area (Å²) < 4.78 is 13.0. The number of benzene rings is 1. The van der Waals surface area contributed by atoms with E-state index >= 15 is 0 Å². The lowest BCUT2D eigenvalue weighted by Gasteiger charge is -2.10. The second-order valence-electron chi connectivity index (χ2n) is 5.97. The number of hydrogen-bond donors (Lipinski definition) is 1. The van der Waals surface area contributed by atoms with E-state index in [0.29, 0.717) is 53.7 Å². The zero-order valence-corrected chi connectivity index (χ0v) is 15.6. The molecule has 27 heavy (non-hydrogen) atoms. The highest BCUT2D eigenvalue weighted by atomic mass is 16.5. The summed E-state index contributed by atoms with van der Waals surface area (Å²) in [5.74, 6) is 2.01. The monoisotopic (exact) mass is 367 g/mol. The number of aliphatic hydroxyl groups excluding tert-OH is 1. The maximum absolute atomic E-state index is 9.37. The minimum absolute atomic E-state index is 0.00250. The number of ether oxygens (including phenoxy) is 1. The van der Waals surface area contributed by atoms with E-state index in [1.165, 1.54) is 0 Å². The number of aliphatic hydroxyl groups is 1. The third kappa shape index (κ3) is 3.83. The van der Waals surface area contributed by atoms with Crippen molar-refractivity contribution in [3.05, 3.63) is 41.0 Å². The first kappa shape index (κ1) is 18.6. The summed E-state index contributed by atoms with van der Waals surface area (Å²) in [6.45, 7) is 6.12. The lowest BCUT2D eigenvalue weighted by atomic mass is 10.1. The summed E-state index contributed by atoms with van der Waals surface area (Å²) >= 11 is 0. The van der Waals surface area contributed by atoms with Gasteiger partial charge in [0.05, 0.1) is 30.5 Å². The molecule has 0 atom stereocenters. The Balaban J connectivity index is 2.04. The zero-order chi connectivity index (χ0) is 19.4. The third-order valence-electron chi connectivity index (χ3n) is 4.10. The fraction of sp³-hybridized carbons (Fsp3) is 0.368. The number of nitriles is 1. The van der Waals surface area contributed by atoms with E-state index in [9.17, 15) is 10.4 Å². The van der Waals surface area contributed by atoms with Gasteiger partial charge in [-0.1, -0.05) is 19.0 Å². The van der Waals surface area contributed by atoms with E-state index in [-0.39, 0.29) is 6.61 Å². The Morgan fingerprint density at radius 3 is 2.67 bits per heavy atom. The predicted octanol–water partition coefficient (Wildman–Crippen LogP) is 3.02. The molecule has 8 nitrogen and oxygen atoms in total. The van der Waals surface area contributed by atoms with Crippen LogP contribution in [0.4, 0.5) is 0 Å². The molecular formula is C19H21N5O3. The quantitative estimate of drug-likeness (QED) is 0.683. The molecule has 2 heterocycles. The predicted molar refractivity (Wildman–Crippen MR) is 97.3 cm³/mol. The SMILES string of the molecule is CCc1nn(CCO)c(CC)c1Oc1cc(C#N)cc(-c2noc(C)n2)c1. The second-order valence-corrected chi connectivity index (χ2v) is 5.97. The molecule has 0 radical (unpaired) electrons. The van der Waals surface area contributed by atoms with Crippen LogP contribution in [0.25, 0.3) is 11.4 Å². The molecule has 8 heteroatoms. The summed E-state index contributed by atoms with van der Waals surface area (Å²) in [6, 6.07) is 7.26. The number of aromatic nitrogens is 4. The fourth-order valence-electron chi connectivity index (χ4n) is 2.89. The first-order valence-electron chi connectivity index (χ1n) is 8.82. The Morgan fingerprint density at radius 1 is 1.26 bits per heavy atom. The van der Waals surface area contributed by atoms with Crippen LogP contribution in [0.15, 0.2) is 22.7 Å². The van der Waals surface area contributed by atoms with Gasteiger partial charge in [-0.05, 0) is 31.0 Å². The highest BCUT2D eigenvalue weighted by molar-refractivity contribution is 5.61. The van der Waals surface area contributed by atoms with E-state index in [2.05, 4.69) is 21.3 Å². The number of aryl methyl sites for hydroxylation is 2. The van der Waals surface area contributed by atoms with E-state index < -0.39 is 0 Å². The molecule has 1 N–H and O–H groups in total. The van der Waals surface area contributed by atoms with Crippen molar-refractivity contribution in [1.29, 1.82) is 5.26 Å². The molecule has 0 saturated heterocycles. The lowest BCUT2D eigenvalue weighted by Crippen LogP contribution is -2.08. The molecule has 0 aliphatic carbocycles. The van der Waals surface area contributed by atoms with Crippen LogP contribution in [0.1, 0.15) is 36.7 Å². The van der Waals surface area contributed by atoms with Gasteiger partial charge in [-0.2, -0.15) is 15.3 Å². The van der Waals surface area contributed by atoms with E-state index in [1.54, 1.807) is 29.8 Å². The number of nitrogens with zero attached hydrogens (tertiary/aromatic N) is 5. The second kappa shape index (κ2) is 8.01. The number of hydrogen-bond acceptors (Lipinski definition) is 7. The van der Waals surface area contributed by atoms with Gasteiger partial charge in [0.15, 0.2) is 5.75 Å². The van der Waals surface area contributed by atoms with Gasteiger partial charge in [0.25, 0.3) is 0 Å². The van der Waals surface area contributed by atoms with Crippen molar-refractivity contribution in [2.24, 2.45) is 0 Å². The molecule has 0 fully saturated rings. The normalized spacial score (nSPS) is 10.8. The Morgan fingerprint density at radius 2 is 2.07 bits per heavy atom. The molecule has 0 unspecified atom stereocenters. The van der Waals surface area contributed by atoms with Crippen LogP contribution in [0.5, 0.6) is 11.5 Å². The fourth-order valence-corrected chi connectivity index (χ4v) is 2.89. The molecule has 0 spiro atoms. The van der Waals surface area contributed by atoms with Crippen LogP contribution in [0, 0.1) is 18.3 Å². The van der Waals surface area contributed by atoms with E-state index in [0.717, 1.165) is 11.4 Å². The van der Waals surface area contributed by atoms with Crippen molar-refractivity contribution in [1.82, 2.24) is 19.9 Å². The Bertz CT molecular complexity index is 984. The molecule has 0 aliphatic heterocycles. The maximum Gasteiger partial charge on any atom is 0.223 e. The van der Waals surface area contributed by atoms with Crippen molar-refractivity contribution in [2.75, 3.05) is 6.61 Å². The van der Waals surface area contributed by atoms with E-state index in [4.69, 9.17) is 9.26 Å². The van der Waals surface area contributed by atoms with Crippen molar-refractivity contribution >= 4 is 0 Å². The Labute approximate surface area is 157 Å². The minimum Gasteiger partial charge on any atom is -0.453 e. The van der Waals surface area contributed by atoms with Crippen LogP contribution in [0.2, 0.25) is 0 Å². The van der Waals surface area contributed by atoms with Gasteiger partial charge in [0.2, 0.25) is 11.7 Å². The summed E-state index contributed by atoms with van der Waals surface area (Å²) in [6.07, 6.45) is 1.40. The first-order chi connectivity index (χ1) is 13.1. The van der Waals surface area contributed by atoms with Crippen molar-refractivity contribution in [3.8, 4) is 29.0 Å². The largest absolute Gasteiger partial charge is 0.453 e. The summed E-state index contributed by atoms with van der Waals surface area (Å²) in [5.41, 5.74) is 2.78. The van der Waals surface area contributed by atoms with Gasteiger partial charge in [0, 0.05) is 12.5 Å². The highest BCUT2D eigenvalue weighted by Gasteiger charge is 2.19. The molecule has 2 aromatic heterocycles. The van der Waals surface area contributed by atoms with E-state index in [1.807, 2.05) is 13.8 Å². The Hall–Kier alpha value is -3.18. The average Bonchev–Trinajstić information content (AvgIpc) is 3.25. The first-order valence-corrected chi connectivity index (χ1v) is 8.82. The van der Waals surface area contributed by atoms with Gasteiger partial charge in [-0.15, -0.1) is 0 Å². The van der Waals surface area contributed by atoms with Gasteiger partial charge in [-0.25, -0.2) is 0 Å². The standard InChI is InChI=1S/C19H21N5O3/c1-4-16-18(17(5-2)24(22-16)6-7-25)26-15-9-13(11-20)8-14(10-15)19-21-12(3)27-23-19/h8-10,25H,4-7H2,1-3H3. The highest BCUT2D eigenvalue weighted by Crippen LogP contribution is 2.33. The zero-order valence-electron chi connectivity index (χ0n) is 15.6. The van der Waals surface area contributed by atoms with Crippen LogP contribution in [-0.4, -0.2) is 31.6 Å². The molecule has 1 aromatic carbocycles. The molecule has 3 rings (SSSR count). The van der Waals surface area contributed by atoms with Gasteiger partial charge in [0.1, 0.15) is 11.4 Å². The van der Waals surface area contributed by atoms with Crippen molar-refractivity contribution in [2.45, 2.75) is 40.2 Å². The van der Waals surface area contributed by atoms with Crippen molar-refractivity contribution in [3.63, 3.8) is 0 Å². The lowest BCUT2D eigenvalue weighted by molar-refractivity contribution is 0.267. The third-order valence-corrected chi connectivity index (χ3v) is 4.10. The van der Waals surface area contributed by atoms with Gasteiger partial charge in [-0.3, -0.25) is 4.68 Å². The van der Waals surface area contributed by atoms with Crippen LogP contribution in [-0.2, 0) is 19.4 Å². The molecule has 0 aliphatic rings. The number of rotatable bonds is 7. The smallest absolute Gasteiger partial charge is 0.223 e. The molecule has 0 amide bonds.